The van der Waals surface area contributed by atoms with Crippen molar-refractivity contribution in [3.8, 4) is 5.75 Å². The van der Waals surface area contributed by atoms with Crippen LogP contribution in [0, 0.1) is 11.7 Å². The number of benzene rings is 1. The summed E-state index contributed by atoms with van der Waals surface area (Å²) in [6.07, 6.45) is 4.22. The SMILES string of the molecule is Fc1ccc2ncc(OCC3CC3)cc2c1. The number of nitrogens with zero attached hydrogens (tertiary/aromatic N) is 1. The van der Waals surface area contributed by atoms with Crippen LogP contribution in [0.25, 0.3) is 10.9 Å². The summed E-state index contributed by atoms with van der Waals surface area (Å²) in [5.41, 5.74) is 0.792. The molecule has 3 rings (SSSR count). The van der Waals surface area contributed by atoms with Gasteiger partial charge in [-0.05, 0) is 43.0 Å². The number of aromatic nitrogens is 1. The summed E-state index contributed by atoms with van der Waals surface area (Å²) in [6.45, 7) is 0.752. The number of pyridine rings is 1. The van der Waals surface area contributed by atoms with Crippen LogP contribution in [0.15, 0.2) is 30.5 Å². The van der Waals surface area contributed by atoms with Crippen LogP contribution in [0.5, 0.6) is 5.75 Å². The molecule has 0 atom stereocenters. The van der Waals surface area contributed by atoms with Gasteiger partial charge in [0.05, 0.1) is 18.3 Å². The Morgan fingerprint density at radius 1 is 1.31 bits per heavy atom. The lowest BCUT2D eigenvalue weighted by molar-refractivity contribution is 0.299. The minimum atomic E-state index is -0.242. The Morgan fingerprint density at radius 2 is 2.19 bits per heavy atom. The fourth-order valence-electron chi connectivity index (χ4n) is 1.66. The van der Waals surface area contributed by atoms with Crippen LogP contribution < -0.4 is 4.74 Å². The van der Waals surface area contributed by atoms with Gasteiger partial charge in [0.2, 0.25) is 0 Å². The van der Waals surface area contributed by atoms with Gasteiger partial charge in [-0.25, -0.2) is 4.39 Å². The van der Waals surface area contributed by atoms with E-state index in [0.29, 0.717) is 5.92 Å². The predicted molar refractivity (Wildman–Crippen MR) is 59.9 cm³/mol. The highest BCUT2D eigenvalue weighted by molar-refractivity contribution is 5.79. The molecule has 1 aromatic carbocycles. The lowest BCUT2D eigenvalue weighted by atomic mass is 10.2. The molecule has 2 nitrogen and oxygen atoms in total. The molecule has 1 aliphatic carbocycles. The molecule has 1 aromatic heterocycles. The van der Waals surface area contributed by atoms with E-state index in [0.717, 1.165) is 23.3 Å². The third-order valence-electron chi connectivity index (χ3n) is 2.80. The van der Waals surface area contributed by atoms with E-state index in [9.17, 15) is 4.39 Å². The zero-order valence-corrected chi connectivity index (χ0v) is 8.82. The molecular formula is C13H12FNO. The quantitative estimate of drug-likeness (QED) is 0.787. The summed E-state index contributed by atoms with van der Waals surface area (Å²) in [5, 5.41) is 0.785. The van der Waals surface area contributed by atoms with Crippen molar-refractivity contribution in [3.05, 3.63) is 36.3 Å². The average molecular weight is 217 g/mol. The van der Waals surface area contributed by atoms with Gasteiger partial charge in [0.1, 0.15) is 11.6 Å². The smallest absolute Gasteiger partial charge is 0.138 e. The second kappa shape index (κ2) is 3.74. The van der Waals surface area contributed by atoms with Crippen LogP contribution in [-0.2, 0) is 0 Å². The van der Waals surface area contributed by atoms with Gasteiger partial charge < -0.3 is 4.74 Å². The second-order valence-electron chi connectivity index (χ2n) is 4.26. The summed E-state index contributed by atoms with van der Waals surface area (Å²) >= 11 is 0. The van der Waals surface area contributed by atoms with E-state index in [1.807, 2.05) is 6.07 Å². The summed E-state index contributed by atoms with van der Waals surface area (Å²) in [6, 6.07) is 6.41. The third kappa shape index (κ3) is 1.98. The highest BCUT2D eigenvalue weighted by Crippen LogP contribution is 2.29. The van der Waals surface area contributed by atoms with E-state index < -0.39 is 0 Å². The summed E-state index contributed by atoms with van der Waals surface area (Å²) < 4.78 is 18.6. The van der Waals surface area contributed by atoms with Crippen LogP contribution in [0.3, 0.4) is 0 Å². The maximum absolute atomic E-state index is 13.0. The number of hydrogen-bond donors (Lipinski definition) is 0. The first-order chi connectivity index (χ1) is 7.81. The van der Waals surface area contributed by atoms with Crippen molar-refractivity contribution in [1.82, 2.24) is 4.98 Å². The van der Waals surface area contributed by atoms with Crippen LogP contribution in [0.2, 0.25) is 0 Å². The van der Waals surface area contributed by atoms with E-state index in [1.165, 1.54) is 25.0 Å². The van der Waals surface area contributed by atoms with Gasteiger partial charge in [0.25, 0.3) is 0 Å². The lowest BCUT2D eigenvalue weighted by Gasteiger charge is -2.05. The Labute approximate surface area is 93.1 Å². The number of hydrogen-bond acceptors (Lipinski definition) is 2. The average Bonchev–Trinajstić information content (AvgIpc) is 3.09. The molecule has 0 spiro atoms. The first kappa shape index (κ1) is 9.58. The first-order valence-corrected chi connectivity index (χ1v) is 5.49. The molecule has 1 fully saturated rings. The molecule has 2 aromatic rings. The number of ether oxygens (including phenoxy) is 1. The van der Waals surface area contributed by atoms with Crippen molar-refractivity contribution in [2.75, 3.05) is 6.61 Å². The Hall–Kier alpha value is -1.64. The molecule has 0 N–H and O–H groups in total. The minimum absolute atomic E-state index is 0.242. The zero-order valence-electron chi connectivity index (χ0n) is 8.82. The van der Waals surface area contributed by atoms with E-state index in [2.05, 4.69) is 4.98 Å². The van der Waals surface area contributed by atoms with Crippen LogP contribution in [0.4, 0.5) is 4.39 Å². The maximum Gasteiger partial charge on any atom is 0.138 e. The van der Waals surface area contributed by atoms with Gasteiger partial charge in [-0.3, -0.25) is 4.98 Å². The largest absolute Gasteiger partial charge is 0.492 e. The molecule has 16 heavy (non-hydrogen) atoms. The van der Waals surface area contributed by atoms with Gasteiger partial charge in [0, 0.05) is 5.39 Å². The van der Waals surface area contributed by atoms with Crippen molar-refractivity contribution in [2.24, 2.45) is 5.92 Å². The fraction of sp³-hybridized carbons (Fsp3) is 0.308. The second-order valence-corrected chi connectivity index (χ2v) is 4.26. The van der Waals surface area contributed by atoms with Gasteiger partial charge in [-0.15, -0.1) is 0 Å². The highest BCUT2D eigenvalue weighted by Gasteiger charge is 2.21. The Kier molecular flexibility index (Phi) is 2.24. The van der Waals surface area contributed by atoms with E-state index in [1.54, 1.807) is 12.3 Å². The van der Waals surface area contributed by atoms with Gasteiger partial charge in [-0.2, -0.15) is 0 Å². The molecule has 0 amide bonds. The minimum Gasteiger partial charge on any atom is -0.492 e. The summed E-state index contributed by atoms with van der Waals surface area (Å²) in [7, 11) is 0. The molecule has 1 heterocycles. The van der Waals surface area contributed by atoms with E-state index >= 15 is 0 Å². The van der Waals surface area contributed by atoms with Crippen molar-refractivity contribution in [1.29, 1.82) is 0 Å². The van der Waals surface area contributed by atoms with Gasteiger partial charge >= 0.3 is 0 Å². The molecule has 1 aliphatic rings. The Bertz CT molecular complexity index is 522. The summed E-state index contributed by atoms with van der Waals surface area (Å²) in [4.78, 5) is 4.23. The molecular weight excluding hydrogens is 205 g/mol. The van der Waals surface area contributed by atoms with Gasteiger partial charge in [0.15, 0.2) is 0 Å². The van der Waals surface area contributed by atoms with Crippen LogP contribution in [-0.4, -0.2) is 11.6 Å². The molecule has 82 valence electrons. The van der Waals surface area contributed by atoms with Crippen molar-refractivity contribution < 1.29 is 9.13 Å². The third-order valence-corrected chi connectivity index (χ3v) is 2.80. The molecule has 0 unspecified atom stereocenters. The Morgan fingerprint density at radius 3 is 3.00 bits per heavy atom. The molecule has 3 heteroatoms. The van der Waals surface area contributed by atoms with E-state index in [4.69, 9.17) is 4.74 Å². The monoisotopic (exact) mass is 217 g/mol. The van der Waals surface area contributed by atoms with Crippen LogP contribution >= 0.6 is 0 Å². The lowest BCUT2D eigenvalue weighted by Crippen LogP contribution is -1.99. The van der Waals surface area contributed by atoms with Crippen molar-refractivity contribution >= 4 is 10.9 Å². The molecule has 1 saturated carbocycles. The number of rotatable bonds is 3. The normalized spacial score (nSPS) is 15.3. The topological polar surface area (TPSA) is 22.1 Å². The molecule has 0 bridgehead atoms. The molecule has 0 saturated heterocycles. The standard InChI is InChI=1S/C13H12FNO/c14-11-3-4-13-10(5-11)6-12(7-15-13)16-8-9-1-2-9/h3-7,9H,1-2,8H2. The predicted octanol–water partition coefficient (Wildman–Crippen LogP) is 3.16. The van der Waals surface area contributed by atoms with E-state index in [-0.39, 0.29) is 5.82 Å². The van der Waals surface area contributed by atoms with Crippen LogP contribution in [0.1, 0.15) is 12.8 Å². The number of fused-ring (bicyclic) bond motifs is 1. The zero-order chi connectivity index (χ0) is 11.0. The van der Waals surface area contributed by atoms with Gasteiger partial charge in [-0.1, -0.05) is 0 Å². The number of halogens is 1. The molecule has 0 radical (unpaired) electrons. The first-order valence-electron chi connectivity index (χ1n) is 5.49. The summed E-state index contributed by atoms with van der Waals surface area (Å²) in [5.74, 6) is 1.20. The highest BCUT2D eigenvalue weighted by atomic mass is 19.1. The Balaban J connectivity index is 1.87. The molecule has 0 aliphatic heterocycles. The van der Waals surface area contributed by atoms with Crippen molar-refractivity contribution in [2.45, 2.75) is 12.8 Å². The van der Waals surface area contributed by atoms with Crippen molar-refractivity contribution in [3.63, 3.8) is 0 Å². The maximum atomic E-state index is 13.0. The fourth-order valence-corrected chi connectivity index (χ4v) is 1.66.